The summed E-state index contributed by atoms with van der Waals surface area (Å²) < 4.78 is 60.1. The molecule has 0 aliphatic heterocycles. The molecule has 0 aliphatic carbocycles. The summed E-state index contributed by atoms with van der Waals surface area (Å²) in [7, 11) is 0. The van der Waals surface area contributed by atoms with Crippen molar-refractivity contribution in [2.24, 2.45) is 0 Å². The Labute approximate surface area is 288 Å². The highest BCUT2D eigenvalue weighted by Crippen LogP contribution is 2.34. The second-order valence-electron chi connectivity index (χ2n) is 11.6. The SMILES string of the molecule is [2H]c1c([2H])c([2H])c2c(-c3nc(-c4ccccc4)nc(-c4cccc(-c5ccc6cc(-c7cccc8ccccc78)ccc6c5)c4)n3)c([2H])c([2H])c([2H])c2c1[2H]. The van der Waals surface area contributed by atoms with E-state index in [0.29, 0.717) is 11.1 Å². The molecule has 0 bridgehead atoms. The molecule has 9 rings (SSSR count). The molecule has 1 heterocycles. The fraction of sp³-hybridized carbons (Fsp3) is 0. The number of fused-ring (bicyclic) bond motifs is 3. The first-order valence-electron chi connectivity index (χ1n) is 19.1. The van der Waals surface area contributed by atoms with Gasteiger partial charge in [0.15, 0.2) is 17.5 Å². The van der Waals surface area contributed by atoms with Crippen LogP contribution in [0.15, 0.2) is 176 Å². The highest BCUT2D eigenvalue weighted by Gasteiger charge is 2.15. The molecule has 0 N–H and O–H groups in total. The third kappa shape index (κ3) is 5.08. The predicted octanol–water partition coefficient (Wildman–Crippen LogP) is 11.7. The van der Waals surface area contributed by atoms with E-state index in [4.69, 9.17) is 24.5 Å². The van der Waals surface area contributed by atoms with Crippen LogP contribution in [0.3, 0.4) is 0 Å². The smallest absolute Gasteiger partial charge is 0.164 e. The third-order valence-corrected chi connectivity index (χ3v) is 8.60. The van der Waals surface area contributed by atoms with Gasteiger partial charge in [-0.15, -0.1) is 0 Å². The van der Waals surface area contributed by atoms with E-state index in [9.17, 15) is 0 Å². The van der Waals surface area contributed by atoms with Gasteiger partial charge in [0.05, 0.1) is 9.60 Å². The van der Waals surface area contributed by atoms with Crippen LogP contribution < -0.4 is 0 Å². The summed E-state index contributed by atoms with van der Waals surface area (Å²) in [5.74, 6) is 0.533. The highest BCUT2D eigenvalue weighted by atomic mass is 15.0. The van der Waals surface area contributed by atoms with Crippen molar-refractivity contribution in [3.63, 3.8) is 0 Å². The molecular weight excluding hydrogens is 583 g/mol. The molecule has 224 valence electrons. The molecule has 0 spiro atoms. The number of hydrogen-bond donors (Lipinski definition) is 0. The molecule has 0 aliphatic rings. The summed E-state index contributed by atoms with van der Waals surface area (Å²) in [6, 6.07) is 41.4. The van der Waals surface area contributed by atoms with Gasteiger partial charge in [-0.2, -0.15) is 0 Å². The Bertz CT molecular complexity index is 3010. The van der Waals surface area contributed by atoms with Crippen molar-refractivity contribution >= 4 is 32.3 Å². The Kier molecular flexibility index (Phi) is 5.22. The Morgan fingerprint density at radius 1 is 0.333 bits per heavy atom. The standard InChI is InChI=1S/C45H29N3/c1-2-13-32(14-3-1)43-46-44(48-45(47-43)42-22-10-16-31-12-5-7-20-40(31)42)38-18-8-17-33(29-38)34-23-24-36-28-37(26-25-35(36)27-34)41-21-9-15-30-11-4-6-19-39(30)41/h1-29H/i5D,7D,10D,12D,16D,20D,22D. The summed E-state index contributed by atoms with van der Waals surface area (Å²) in [5, 5.41) is 4.37. The van der Waals surface area contributed by atoms with Crippen molar-refractivity contribution in [2.75, 3.05) is 0 Å². The second kappa shape index (κ2) is 11.7. The maximum absolute atomic E-state index is 8.95. The quantitative estimate of drug-likeness (QED) is 0.193. The van der Waals surface area contributed by atoms with Crippen molar-refractivity contribution in [3.05, 3.63) is 176 Å². The number of aromatic nitrogens is 3. The molecule has 0 saturated heterocycles. The summed E-state index contributed by atoms with van der Waals surface area (Å²) in [4.78, 5) is 14.4. The van der Waals surface area contributed by atoms with Gasteiger partial charge in [-0.1, -0.05) is 158 Å². The molecule has 0 atom stereocenters. The van der Waals surface area contributed by atoms with Crippen molar-refractivity contribution in [1.82, 2.24) is 15.0 Å². The average molecular weight is 619 g/mol. The minimum Gasteiger partial charge on any atom is -0.208 e. The van der Waals surface area contributed by atoms with E-state index in [2.05, 4.69) is 78.9 Å². The van der Waals surface area contributed by atoms with Crippen LogP contribution in [0.4, 0.5) is 0 Å². The summed E-state index contributed by atoms with van der Waals surface area (Å²) >= 11 is 0. The Hall–Kier alpha value is -6.45. The van der Waals surface area contributed by atoms with Gasteiger partial charge in [0, 0.05) is 16.7 Å². The van der Waals surface area contributed by atoms with Gasteiger partial charge in [0.2, 0.25) is 0 Å². The zero-order chi connectivity index (χ0) is 38.0. The number of nitrogens with zero attached hydrogens (tertiary/aromatic N) is 3. The van der Waals surface area contributed by atoms with Crippen LogP contribution in [-0.2, 0) is 0 Å². The van der Waals surface area contributed by atoms with Gasteiger partial charge in [-0.25, -0.2) is 15.0 Å². The topological polar surface area (TPSA) is 38.7 Å². The minimum atomic E-state index is -0.522. The van der Waals surface area contributed by atoms with Gasteiger partial charge in [-0.3, -0.25) is 0 Å². The van der Waals surface area contributed by atoms with Gasteiger partial charge in [-0.05, 0) is 72.8 Å². The first-order valence-corrected chi connectivity index (χ1v) is 15.6. The first-order chi connectivity index (χ1) is 26.7. The average Bonchev–Trinajstić information content (AvgIpc) is 3.23. The first kappa shape index (κ1) is 21.4. The van der Waals surface area contributed by atoms with Gasteiger partial charge < -0.3 is 0 Å². The summed E-state index contributed by atoms with van der Waals surface area (Å²) in [6.45, 7) is 0. The third-order valence-electron chi connectivity index (χ3n) is 8.60. The molecule has 3 heteroatoms. The van der Waals surface area contributed by atoms with E-state index in [1.807, 2.05) is 54.6 Å². The molecule has 8 aromatic carbocycles. The zero-order valence-corrected chi connectivity index (χ0v) is 25.5. The largest absolute Gasteiger partial charge is 0.208 e. The molecule has 3 nitrogen and oxygen atoms in total. The van der Waals surface area contributed by atoms with Crippen LogP contribution >= 0.6 is 0 Å². The summed E-state index contributed by atoms with van der Waals surface area (Å²) in [5.41, 5.74) is 5.51. The van der Waals surface area contributed by atoms with Crippen LogP contribution in [0.1, 0.15) is 9.60 Å². The van der Waals surface area contributed by atoms with Gasteiger partial charge in [0.1, 0.15) is 0 Å². The number of benzene rings is 8. The number of hydrogen-bond acceptors (Lipinski definition) is 3. The molecule has 0 radical (unpaired) electrons. The van der Waals surface area contributed by atoms with E-state index >= 15 is 0 Å². The van der Waals surface area contributed by atoms with E-state index in [1.54, 1.807) is 0 Å². The van der Waals surface area contributed by atoms with E-state index in [-0.39, 0.29) is 33.8 Å². The number of rotatable bonds is 5. The Morgan fingerprint density at radius 3 is 1.85 bits per heavy atom. The van der Waals surface area contributed by atoms with Crippen molar-refractivity contribution in [3.8, 4) is 56.4 Å². The van der Waals surface area contributed by atoms with Gasteiger partial charge >= 0.3 is 0 Å². The maximum atomic E-state index is 8.95. The van der Waals surface area contributed by atoms with Crippen LogP contribution in [0.25, 0.3) is 88.7 Å². The molecule has 0 fully saturated rings. The predicted molar refractivity (Wildman–Crippen MR) is 200 cm³/mol. The normalized spacial score (nSPS) is 13.4. The molecule has 9 aromatic rings. The lowest BCUT2D eigenvalue weighted by molar-refractivity contribution is 1.08. The maximum Gasteiger partial charge on any atom is 0.164 e. The van der Waals surface area contributed by atoms with Crippen LogP contribution in [-0.4, -0.2) is 15.0 Å². The molecule has 48 heavy (non-hydrogen) atoms. The zero-order valence-electron chi connectivity index (χ0n) is 32.5. The van der Waals surface area contributed by atoms with Crippen molar-refractivity contribution < 1.29 is 9.60 Å². The minimum absolute atomic E-state index is 0.0320. The molecule has 1 aromatic heterocycles. The van der Waals surface area contributed by atoms with E-state index in [1.165, 1.54) is 16.3 Å². The van der Waals surface area contributed by atoms with E-state index in [0.717, 1.165) is 27.5 Å². The van der Waals surface area contributed by atoms with Crippen LogP contribution in [0.2, 0.25) is 0 Å². The van der Waals surface area contributed by atoms with E-state index < -0.39 is 42.3 Å². The fourth-order valence-electron chi connectivity index (χ4n) is 6.22. The molecule has 0 amide bonds. The summed E-state index contributed by atoms with van der Waals surface area (Å²) in [6.07, 6.45) is 0. The second-order valence-corrected chi connectivity index (χ2v) is 11.6. The lowest BCUT2D eigenvalue weighted by Crippen LogP contribution is -2.00. The molecule has 0 saturated carbocycles. The van der Waals surface area contributed by atoms with Gasteiger partial charge in [0.25, 0.3) is 0 Å². The lowest BCUT2D eigenvalue weighted by atomic mass is 9.94. The molecule has 0 unspecified atom stereocenters. The highest BCUT2D eigenvalue weighted by molar-refractivity contribution is 6.00. The van der Waals surface area contributed by atoms with Crippen LogP contribution in [0, 0.1) is 0 Å². The lowest BCUT2D eigenvalue weighted by Gasteiger charge is -2.12. The van der Waals surface area contributed by atoms with Crippen LogP contribution in [0.5, 0.6) is 0 Å². The molecular formula is C45H29N3. The Balaban J connectivity index is 1.18. The Morgan fingerprint density at radius 2 is 0.958 bits per heavy atom. The monoisotopic (exact) mass is 618 g/mol. The van der Waals surface area contributed by atoms with Crippen molar-refractivity contribution in [2.45, 2.75) is 0 Å². The van der Waals surface area contributed by atoms with Crippen molar-refractivity contribution in [1.29, 1.82) is 0 Å². The fourth-order valence-corrected chi connectivity index (χ4v) is 6.22.